The molecular weight excluding hydrogens is 420 g/mol. The van der Waals surface area contributed by atoms with Crippen LogP contribution in [0.1, 0.15) is 43.5 Å². The largest absolute Gasteiger partial charge is 0.485 e. The lowest BCUT2D eigenvalue weighted by Crippen LogP contribution is -2.51. The molecule has 2 heterocycles. The highest BCUT2D eigenvalue weighted by molar-refractivity contribution is 7.99. The van der Waals surface area contributed by atoms with E-state index in [0.29, 0.717) is 23.8 Å². The van der Waals surface area contributed by atoms with Crippen molar-refractivity contribution in [1.82, 2.24) is 30.9 Å². The number of benzene rings is 1. The van der Waals surface area contributed by atoms with Gasteiger partial charge in [0.05, 0.1) is 5.75 Å². The Morgan fingerprint density at radius 1 is 1.26 bits per heavy atom. The molecule has 1 aliphatic carbocycles. The van der Waals surface area contributed by atoms with Gasteiger partial charge in [-0.1, -0.05) is 49.2 Å². The van der Waals surface area contributed by atoms with Crippen LogP contribution < -0.4 is 15.5 Å². The number of hydrazine groups is 1. The highest BCUT2D eigenvalue weighted by Crippen LogP contribution is 2.33. The summed E-state index contributed by atoms with van der Waals surface area (Å²) in [6.07, 6.45) is 4.00. The van der Waals surface area contributed by atoms with Gasteiger partial charge in [-0.15, -0.1) is 5.10 Å². The SMILES string of the molecule is Cc1ccccc1OCc1nc(SCC(=O)NN2C(=O)NC3(CCCCC3)C2=O)n[nH]1. The molecule has 1 saturated carbocycles. The van der Waals surface area contributed by atoms with E-state index in [9.17, 15) is 14.4 Å². The Labute approximate surface area is 183 Å². The van der Waals surface area contributed by atoms with E-state index in [1.54, 1.807) is 0 Å². The Bertz CT molecular complexity index is 988. The molecule has 0 unspecified atom stereocenters. The van der Waals surface area contributed by atoms with Gasteiger partial charge >= 0.3 is 6.03 Å². The number of rotatable bonds is 7. The fourth-order valence-corrected chi connectivity index (χ4v) is 4.38. The van der Waals surface area contributed by atoms with Crippen molar-refractivity contribution in [2.45, 2.75) is 56.3 Å². The van der Waals surface area contributed by atoms with Crippen LogP contribution in [0.2, 0.25) is 0 Å². The number of para-hydroxylation sites is 1. The van der Waals surface area contributed by atoms with Gasteiger partial charge in [0.15, 0.2) is 5.82 Å². The Morgan fingerprint density at radius 2 is 2.03 bits per heavy atom. The average molecular weight is 445 g/mol. The normalized spacial score (nSPS) is 17.6. The minimum atomic E-state index is -0.870. The lowest BCUT2D eigenvalue weighted by molar-refractivity contribution is -0.139. The first-order valence-electron chi connectivity index (χ1n) is 10.2. The van der Waals surface area contributed by atoms with Crippen molar-refractivity contribution in [3.63, 3.8) is 0 Å². The standard InChI is InChI=1S/C20H24N6O4S/c1-13-7-3-4-8-14(13)30-11-15-21-18(24-23-15)31-12-16(27)25-26-17(28)20(22-19(26)29)9-5-2-6-10-20/h3-4,7-8H,2,5-6,9-12H2,1H3,(H,22,29)(H,25,27)(H,21,23,24). The Hall–Kier alpha value is -3.08. The zero-order valence-corrected chi connectivity index (χ0v) is 18.0. The maximum absolute atomic E-state index is 12.7. The molecule has 1 aromatic carbocycles. The number of nitrogens with zero attached hydrogens (tertiary/aromatic N) is 3. The van der Waals surface area contributed by atoms with E-state index in [0.717, 1.165) is 47.3 Å². The molecule has 1 saturated heterocycles. The molecule has 2 aliphatic rings. The number of H-pyrrole nitrogens is 1. The lowest BCUT2D eigenvalue weighted by atomic mass is 9.82. The van der Waals surface area contributed by atoms with Crippen molar-refractivity contribution in [3.8, 4) is 5.75 Å². The van der Waals surface area contributed by atoms with E-state index in [1.807, 2.05) is 31.2 Å². The van der Waals surface area contributed by atoms with Crippen LogP contribution in [0, 0.1) is 6.92 Å². The summed E-state index contributed by atoms with van der Waals surface area (Å²) in [5, 5.41) is 10.8. The van der Waals surface area contributed by atoms with Crippen LogP contribution in [0.3, 0.4) is 0 Å². The van der Waals surface area contributed by atoms with Gasteiger partial charge in [-0.05, 0) is 31.4 Å². The number of carbonyl (C=O) groups excluding carboxylic acids is 3. The second kappa shape index (κ2) is 8.96. The van der Waals surface area contributed by atoms with Crippen LogP contribution in [-0.4, -0.2) is 49.3 Å². The summed E-state index contributed by atoms with van der Waals surface area (Å²) in [4.78, 5) is 41.5. The summed E-state index contributed by atoms with van der Waals surface area (Å²) < 4.78 is 5.72. The fourth-order valence-electron chi connectivity index (χ4n) is 3.77. The number of amides is 4. The Morgan fingerprint density at radius 3 is 2.81 bits per heavy atom. The first-order chi connectivity index (χ1) is 15.0. The third kappa shape index (κ3) is 4.66. The minimum Gasteiger partial charge on any atom is -0.485 e. The van der Waals surface area contributed by atoms with Crippen molar-refractivity contribution >= 4 is 29.6 Å². The van der Waals surface area contributed by atoms with Crippen LogP contribution in [0.25, 0.3) is 0 Å². The molecule has 2 aromatic rings. The molecule has 4 rings (SSSR count). The number of hydrogen-bond donors (Lipinski definition) is 3. The number of aromatic amines is 1. The van der Waals surface area contributed by atoms with Crippen molar-refractivity contribution in [1.29, 1.82) is 0 Å². The van der Waals surface area contributed by atoms with Gasteiger partial charge in [-0.2, -0.15) is 5.01 Å². The van der Waals surface area contributed by atoms with Gasteiger partial charge in [0.1, 0.15) is 17.9 Å². The van der Waals surface area contributed by atoms with E-state index in [1.165, 1.54) is 0 Å². The molecule has 31 heavy (non-hydrogen) atoms. The van der Waals surface area contributed by atoms with Crippen molar-refractivity contribution in [2.24, 2.45) is 0 Å². The van der Waals surface area contributed by atoms with Crippen molar-refractivity contribution in [2.75, 3.05) is 5.75 Å². The third-order valence-electron chi connectivity index (χ3n) is 5.41. The van der Waals surface area contributed by atoms with Gasteiger partial charge in [0.2, 0.25) is 11.1 Å². The number of aryl methyl sites for hydroxylation is 1. The van der Waals surface area contributed by atoms with E-state index in [2.05, 4.69) is 25.9 Å². The summed E-state index contributed by atoms with van der Waals surface area (Å²) >= 11 is 1.10. The monoisotopic (exact) mass is 444 g/mol. The summed E-state index contributed by atoms with van der Waals surface area (Å²) in [7, 11) is 0. The van der Waals surface area contributed by atoms with Gasteiger partial charge in [0, 0.05) is 0 Å². The number of aromatic nitrogens is 3. The van der Waals surface area contributed by atoms with Crippen molar-refractivity contribution in [3.05, 3.63) is 35.7 Å². The Balaban J connectivity index is 1.26. The highest BCUT2D eigenvalue weighted by Gasteiger charge is 2.52. The zero-order valence-electron chi connectivity index (χ0n) is 17.1. The number of ether oxygens (including phenoxy) is 1. The maximum Gasteiger partial charge on any atom is 0.344 e. The van der Waals surface area contributed by atoms with Crippen LogP contribution in [-0.2, 0) is 16.2 Å². The molecule has 164 valence electrons. The van der Waals surface area contributed by atoms with E-state index in [-0.39, 0.29) is 18.3 Å². The van der Waals surface area contributed by atoms with Gasteiger partial charge in [-0.25, -0.2) is 9.78 Å². The Kier molecular flexibility index (Phi) is 6.12. The minimum absolute atomic E-state index is 0.0417. The number of imide groups is 1. The van der Waals surface area contributed by atoms with Gasteiger partial charge in [-0.3, -0.25) is 20.1 Å². The maximum atomic E-state index is 12.7. The predicted octanol–water partition coefficient (Wildman–Crippen LogP) is 2.07. The molecule has 1 aromatic heterocycles. The third-order valence-corrected chi connectivity index (χ3v) is 6.25. The molecular formula is C20H24N6O4S. The molecule has 1 spiro atoms. The quantitative estimate of drug-likeness (QED) is 0.440. The van der Waals surface area contributed by atoms with E-state index >= 15 is 0 Å². The molecule has 0 bridgehead atoms. The second-order valence-electron chi connectivity index (χ2n) is 7.66. The number of hydrogen-bond acceptors (Lipinski definition) is 7. The van der Waals surface area contributed by atoms with Gasteiger partial charge < -0.3 is 10.1 Å². The highest BCUT2D eigenvalue weighted by atomic mass is 32.2. The topological polar surface area (TPSA) is 129 Å². The van der Waals surface area contributed by atoms with Crippen LogP contribution in [0.4, 0.5) is 4.79 Å². The molecule has 11 heteroatoms. The summed E-state index contributed by atoms with van der Waals surface area (Å²) in [5.41, 5.74) is 2.55. The molecule has 0 radical (unpaired) electrons. The predicted molar refractivity (Wildman–Crippen MR) is 112 cm³/mol. The number of carbonyl (C=O) groups is 3. The number of thioether (sulfide) groups is 1. The average Bonchev–Trinajstić information content (AvgIpc) is 3.31. The van der Waals surface area contributed by atoms with Crippen molar-refractivity contribution < 1.29 is 19.1 Å². The summed E-state index contributed by atoms with van der Waals surface area (Å²) in [6, 6.07) is 7.07. The number of nitrogens with one attached hydrogen (secondary N) is 3. The van der Waals surface area contributed by atoms with Gasteiger partial charge in [0.25, 0.3) is 5.91 Å². The number of urea groups is 1. The summed E-state index contributed by atoms with van der Waals surface area (Å²) in [6.45, 7) is 2.17. The molecule has 0 atom stereocenters. The zero-order chi connectivity index (χ0) is 21.8. The molecule has 2 fully saturated rings. The summed E-state index contributed by atoms with van der Waals surface area (Å²) in [5.74, 6) is 0.379. The lowest BCUT2D eigenvalue weighted by Gasteiger charge is -2.30. The molecule has 3 N–H and O–H groups in total. The molecule has 4 amide bonds. The van der Waals surface area contributed by atoms with E-state index in [4.69, 9.17) is 4.74 Å². The van der Waals surface area contributed by atoms with E-state index < -0.39 is 17.5 Å². The van der Waals surface area contributed by atoms with Crippen LogP contribution in [0.5, 0.6) is 5.75 Å². The first kappa shape index (κ1) is 21.2. The molecule has 10 nitrogen and oxygen atoms in total. The first-order valence-corrected chi connectivity index (χ1v) is 11.1. The second-order valence-corrected chi connectivity index (χ2v) is 8.60. The van der Waals surface area contributed by atoms with Crippen LogP contribution >= 0.6 is 11.8 Å². The molecule has 1 aliphatic heterocycles. The smallest absolute Gasteiger partial charge is 0.344 e. The van der Waals surface area contributed by atoms with Crippen LogP contribution in [0.15, 0.2) is 29.4 Å². The fraction of sp³-hybridized carbons (Fsp3) is 0.450.